The van der Waals surface area contributed by atoms with Gasteiger partial charge in [0, 0.05) is 12.1 Å². The highest BCUT2D eigenvalue weighted by molar-refractivity contribution is 6.05. The van der Waals surface area contributed by atoms with Gasteiger partial charge in [0.15, 0.2) is 5.76 Å². The van der Waals surface area contributed by atoms with Gasteiger partial charge < -0.3 is 10.0 Å². The highest BCUT2D eigenvalue weighted by Crippen LogP contribution is 2.43. The van der Waals surface area contributed by atoms with E-state index in [0.717, 1.165) is 16.7 Å². The zero-order valence-corrected chi connectivity index (χ0v) is 15.5. The summed E-state index contributed by atoms with van der Waals surface area (Å²) >= 11 is 0. The third kappa shape index (κ3) is 3.29. The van der Waals surface area contributed by atoms with E-state index in [-0.39, 0.29) is 11.6 Å². The molecule has 1 amide bonds. The van der Waals surface area contributed by atoms with Crippen LogP contribution in [0.15, 0.2) is 84.6 Å². The first-order valence-electron chi connectivity index (χ1n) is 9.15. The predicted molar refractivity (Wildman–Crippen MR) is 107 cm³/mol. The van der Waals surface area contributed by atoms with E-state index in [4.69, 9.17) is 0 Å². The third-order valence-electron chi connectivity index (χ3n) is 5.03. The van der Waals surface area contributed by atoms with Crippen LogP contribution in [0.1, 0.15) is 28.3 Å². The van der Waals surface area contributed by atoms with Crippen molar-refractivity contribution in [2.24, 2.45) is 0 Å². The minimum absolute atomic E-state index is 0.283. The number of hydrogen-bond acceptors (Lipinski definition) is 2. The van der Waals surface area contributed by atoms with Crippen molar-refractivity contribution in [2.45, 2.75) is 19.5 Å². The van der Waals surface area contributed by atoms with Crippen molar-refractivity contribution >= 4 is 11.5 Å². The normalized spacial score (nSPS) is 16.7. The third-order valence-corrected chi connectivity index (χ3v) is 5.03. The van der Waals surface area contributed by atoms with Gasteiger partial charge in [0.2, 0.25) is 0 Å². The van der Waals surface area contributed by atoms with E-state index >= 15 is 0 Å². The zero-order chi connectivity index (χ0) is 19.7. The molecule has 4 rings (SSSR count). The fraction of sp³-hybridized carbons (Fsp3) is 0.125. The molecule has 0 spiro atoms. The Morgan fingerprint density at radius 3 is 2.36 bits per heavy atom. The fourth-order valence-electron chi connectivity index (χ4n) is 3.65. The summed E-state index contributed by atoms with van der Waals surface area (Å²) in [5.74, 6) is -1.11. The van der Waals surface area contributed by atoms with Crippen molar-refractivity contribution in [1.29, 1.82) is 0 Å². The molecule has 0 fully saturated rings. The summed E-state index contributed by atoms with van der Waals surface area (Å²) in [7, 11) is 0. The Balaban J connectivity index is 1.83. The Hall–Kier alpha value is -3.40. The van der Waals surface area contributed by atoms with Crippen molar-refractivity contribution in [3.63, 3.8) is 0 Å². The molecule has 1 N–H and O–H groups in total. The van der Waals surface area contributed by atoms with Crippen LogP contribution in [-0.2, 0) is 11.3 Å². The Kier molecular flexibility index (Phi) is 4.70. The summed E-state index contributed by atoms with van der Waals surface area (Å²) in [4.78, 5) is 14.5. The number of rotatable bonds is 4. The number of hydrogen-bond donors (Lipinski definition) is 1. The number of carbonyl (C=O) groups is 1. The molecule has 3 nitrogen and oxygen atoms in total. The molecular weight excluding hydrogens is 353 g/mol. The monoisotopic (exact) mass is 373 g/mol. The Morgan fingerprint density at radius 1 is 0.964 bits per heavy atom. The second kappa shape index (κ2) is 7.31. The average Bonchev–Trinajstić information content (AvgIpc) is 2.94. The number of nitrogens with zero attached hydrogens (tertiary/aromatic N) is 1. The molecule has 1 aliphatic heterocycles. The molecule has 0 bridgehead atoms. The van der Waals surface area contributed by atoms with E-state index in [2.05, 4.69) is 0 Å². The van der Waals surface area contributed by atoms with Crippen LogP contribution in [0.25, 0.3) is 5.57 Å². The molecule has 0 aliphatic carbocycles. The first-order valence-corrected chi connectivity index (χ1v) is 9.15. The van der Waals surface area contributed by atoms with Gasteiger partial charge in [-0.1, -0.05) is 72.3 Å². The van der Waals surface area contributed by atoms with Gasteiger partial charge in [-0.3, -0.25) is 4.79 Å². The maximum atomic E-state index is 14.0. The molecule has 140 valence electrons. The van der Waals surface area contributed by atoms with E-state index in [1.807, 2.05) is 61.5 Å². The molecule has 0 aromatic heterocycles. The summed E-state index contributed by atoms with van der Waals surface area (Å²) in [6.45, 7) is 2.30. The summed E-state index contributed by atoms with van der Waals surface area (Å²) in [6, 6.07) is 22.8. The second-order valence-corrected chi connectivity index (χ2v) is 7.00. The average molecular weight is 373 g/mol. The van der Waals surface area contributed by atoms with Crippen molar-refractivity contribution in [1.82, 2.24) is 4.90 Å². The van der Waals surface area contributed by atoms with Gasteiger partial charge in [-0.05, 0) is 35.7 Å². The minimum Gasteiger partial charge on any atom is -0.503 e. The van der Waals surface area contributed by atoms with Gasteiger partial charge in [0.1, 0.15) is 5.82 Å². The highest BCUT2D eigenvalue weighted by Gasteiger charge is 2.41. The topological polar surface area (TPSA) is 40.5 Å². The molecule has 1 heterocycles. The summed E-state index contributed by atoms with van der Waals surface area (Å²) in [5.41, 5.74) is 3.91. The second-order valence-electron chi connectivity index (χ2n) is 7.00. The predicted octanol–water partition coefficient (Wildman–Crippen LogP) is 5.19. The van der Waals surface area contributed by atoms with Crippen LogP contribution in [0.3, 0.4) is 0 Å². The fourth-order valence-corrected chi connectivity index (χ4v) is 3.65. The van der Waals surface area contributed by atoms with Gasteiger partial charge in [-0.2, -0.15) is 0 Å². The molecule has 0 saturated carbocycles. The molecule has 3 aromatic rings. The molecular formula is C24H20FNO2. The molecule has 0 radical (unpaired) electrons. The van der Waals surface area contributed by atoms with Crippen LogP contribution < -0.4 is 0 Å². The van der Waals surface area contributed by atoms with Gasteiger partial charge in [0.25, 0.3) is 5.91 Å². The molecule has 4 heteroatoms. The van der Waals surface area contributed by atoms with Gasteiger partial charge in [0.05, 0.1) is 6.04 Å². The van der Waals surface area contributed by atoms with E-state index in [0.29, 0.717) is 17.7 Å². The highest BCUT2D eigenvalue weighted by atomic mass is 19.1. The maximum Gasteiger partial charge on any atom is 0.290 e. The van der Waals surface area contributed by atoms with Gasteiger partial charge in [-0.15, -0.1) is 0 Å². The minimum atomic E-state index is -0.564. The van der Waals surface area contributed by atoms with Crippen LogP contribution in [-0.4, -0.2) is 15.9 Å². The number of carbonyl (C=O) groups excluding carboxylic acids is 1. The van der Waals surface area contributed by atoms with E-state index in [1.165, 1.54) is 12.1 Å². The Morgan fingerprint density at radius 2 is 1.68 bits per heavy atom. The Labute approximate surface area is 163 Å². The van der Waals surface area contributed by atoms with Gasteiger partial charge in [-0.25, -0.2) is 4.39 Å². The van der Waals surface area contributed by atoms with Crippen LogP contribution in [0.5, 0.6) is 0 Å². The lowest BCUT2D eigenvalue weighted by Gasteiger charge is -2.27. The van der Waals surface area contributed by atoms with Crippen molar-refractivity contribution in [3.8, 4) is 0 Å². The number of amides is 1. The van der Waals surface area contributed by atoms with Crippen molar-refractivity contribution < 1.29 is 14.3 Å². The molecule has 3 aromatic carbocycles. The number of aliphatic hydroxyl groups is 1. The smallest absolute Gasteiger partial charge is 0.290 e. The van der Waals surface area contributed by atoms with Gasteiger partial charge >= 0.3 is 0 Å². The van der Waals surface area contributed by atoms with Crippen LogP contribution >= 0.6 is 0 Å². The van der Waals surface area contributed by atoms with Crippen molar-refractivity contribution in [3.05, 3.63) is 113 Å². The van der Waals surface area contributed by atoms with E-state index in [9.17, 15) is 14.3 Å². The zero-order valence-electron chi connectivity index (χ0n) is 15.5. The molecule has 28 heavy (non-hydrogen) atoms. The largest absolute Gasteiger partial charge is 0.503 e. The van der Waals surface area contributed by atoms with Crippen molar-refractivity contribution in [2.75, 3.05) is 0 Å². The maximum absolute atomic E-state index is 14.0. The molecule has 0 saturated heterocycles. The summed E-state index contributed by atoms with van der Waals surface area (Å²) in [6.07, 6.45) is 0. The lowest BCUT2D eigenvalue weighted by atomic mass is 9.93. The lowest BCUT2D eigenvalue weighted by Crippen LogP contribution is -2.29. The summed E-state index contributed by atoms with van der Waals surface area (Å²) in [5, 5.41) is 10.7. The first-order chi connectivity index (χ1) is 13.5. The number of benzene rings is 3. The molecule has 1 atom stereocenters. The molecule has 1 unspecified atom stereocenters. The standard InChI is InChI=1S/C24H20FNO2/c1-16-10-12-18(13-11-16)21-22(19-8-5-9-20(25)14-19)26(24(28)23(21)27)15-17-6-3-2-4-7-17/h2-14,22,27H,15H2,1H3. The number of halogens is 1. The Bertz CT molecular complexity index is 1040. The van der Waals surface area contributed by atoms with E-state index < -0.39 is 11.9 Å². The molecule has 1 aliphatic rings. The quantitative estimate of drug-likeness (QED) is 0.684. The lowest BCUT2D eigenvalue weighted by molar-refractivity contribution is -0.130. The SMILES string of the molecule is Cc1ccc(C2=C(O)C(=O)N(Cc3ccccc3)C2c2cccc(F)c2)cc1. The number of aliphatic hydroxyl groups excluding tert-OH is 1. The van der Waals surface area contributed by atoms with E-state index in [1.54, 1.807) is 17.0 Å². The summed E-state index contributed by atoms with van der Waals surface area (Å²) < 4.78 is 14.0. The first kappa shape index (κ1) is 18.0. The van der Waals surface area contributed by atoms with Crippen LogP contribution in [0.4, 0.5) is 4.39 Å². The van der Waals surface area contributed by atoms with Crippen LogP contribution in [0.2, 0.25) is 0 Å². The number of aryl methyl sites for hydroxylation is 1. The van der Waals surface area contributed by atoms with Crippen LogP contribution in [0, 0.1) is 12.7 Å².